The predicted molar refractivity (Wildman–Crippen MR) is 83.3 cm³/mol. The first kappa shape index (κ1) is 17.5. The Kier molecular flexibility index (Phi) is 6.65. The quantitative estimate of drug-likeness (QED) is 0.756. The van der Waals surface area contributed by atoms with Crippen LogP contribution in [0.3, 0.4) is 0 Å². The molecule has 0 aromatic heterocycles. The molecule has 0 aliphatic heterocycles. The molecule has 0 radical (unpaired) electrons. The van der Waals surface area contributed by atoms with Gasteiger partial charge in [0.25, 0.3) is 0 Å². The van der Waals surface area contributed by atoms with Gasteiger partial charge in [0.2, 0.25) is 5.91 Å². The van der Waals surface area contributed by atoms with Crippen LogP contribution >= 0.6 is 0 Å². The Labute approximate surface area is 126 Å². The number of aryl methyl sites for hydroxylation is 2. The largest absolute Gasteiger partial charge is 0.490 e. The van der Waals surface area contributed by atoms with Crippen LogP contribution in [-0.4, -0.2) is 47.8 Å². The van der Waals surface area contributed by atoms with Crippen LogP contribution < -0.4 is 10.5 Å². The molecule has 1 atom stereocenters. The highest BCUT2D eigenvalue weighted by Crippen LogP contribution is 2.22. The van der Waals surface area contributed by atoms with E-state index in [0.717, 1.165) is 16.9 Å². The number of benzene rings is 1. The van der Waals surface area contributed by atoms with Gasteiger partial charge in [-0.15, -0.1) is 0 Å². The average molecular weight is 294 g/mol. The number of aliphatic hydroxyl groups excluding tert-OH is 1. The SMILES string of the molecule is Cc1cccc(C)c1OCC(O)CN(CC(N)=O)C(C)C. The third-order valence-corrected chi connectivity index (χ3v) is 3.36. The van der Waals surface area contributed by atoms with Gasteiger partial charge in [-0.3, -0.25) is 9.69 Å². The lowest BCUT2D eigenvalue weighted by atomic mass is 10.1. The van der Waals surface area contributed by atoms with Gasteiger partial charge in [-0.2, -0.15) is 0 Å². The van der Waals surface area contributed by atoms with Gasteiger partial charge in [0.15, 0.2) is 0 Å². The average Bonchev–Trinajstić information content (AvgIpc) is 2.36. The Morgan fingerprint density at radius 1 is 1.33 bits per heavy atom. The number of primary amides is 1. The van der Waals surface area contributed by atoms with E-state index in [1.54, 1.807) is 0 Å². The molecule has 3 N–H and O–H groups in total. The highest BCUT2D eigenvalue weighted by Gasteiger charge is 2.17. The van der Waals surface area contributed by atoms with Crippen molar-refractivity contribution >= 4 is 5.91 Å². The molecule has 0 aliphatic carbocycles. The molecule has 1 amide bonds. The standard InChI is InChI=1S/C16H26N2O3/c1-11(2)18(9-15(17)20)8-14(19)10-21-16-12(3)6-5-7-13(16)4/h5-7,11,14,19H,8-10H2,1-4H3,(H2,17,20). The summed E-state index contributed by atoms with van der Waals surface area (Å²) in [5.41, 5.74) is 7.30. The molecule has 0 spiro atoms. The second kappa shape index (κ2) is 8.00. The fourth-order valence-corrected chi connectivity index (χ4v) is 2.19. The number of amides is 1. The summed E-state index contributed by atoms with van der Waals surface area (Å²) in [4.78, 5) is 12.9. The Balaban J connectivity index is 2.56. The van der Waals surface area contributed by atoms with Crippen molar-refractivity contribution in [3.63, 3.8) is 0 Å². The summed E-state index contributed by atoms with van der Waals surface area (Å²) in [6.45, 7) is 8.55. The number of carbonyl (C=O) groups is 1. The van der Waals surface area contributed by atoms with E-state index < -0.39 is 12.0 Å². The van der Waals surface area contributed by atoms with Crippen LogP contribution in [0.1, 0.15) is 25.0 Å². The van der Waals surface area contributed by atoms with E-state index in [4.69, 9.17) is 10.5 Å². The van der Waals surface area contributed by atoms with Gasteiger partial charge in [-0.05, 0) is 38.8 Å². The van der Waals surface area contributed by atoms with Crippen molar-refractivity contribution < 1.29 is 14.6 Å². The lowest BCUT2D eigenvalue weighted by Gasteiger charge is -2.27. The molecule has 5 heteroatoms. The van der Waals surface area contributed by atoms with Gasteiger partial charge in [-0.1, -0.05) is 18.2 Å². The molecule has 118 valence electrons. The minimum atomic E-state index is -0.675. The number of aliphatic hydroxyl groups is 1. The molecule has 0 fully saturated rings. The lowest BCUT2D eigenvalue weighted by Crippen LogP contribution is -2.44. The van der Waals surface area contributed by atoms with E-state index in [0.29, 0.717) is 6.54 Å². The number of ether oxygens (including phenoxy) is 1. The molecule has 0 aliphatic rings. The number of hydrogen-bond donors (Lipinski definition) is 2. The van der Waals surface area contributed by atoms with Crippen molar-refractivity contribution in [3.8, 4) is 5.75 Å². The maximum absolute atomic E-state index is 11.0. The molecule has 1 rings (SSSR count). The normalized spacial score (nSPS) is 12.7. The number of carbonyl (C=O) groups excluding carboxylic acids is 1. The first-order chi connectivity index (χ1) is 9.81. The zero-order valence-corrected chi connectivity index (χ0v) is 13.3. The summed E-state index contributed by atoms with van der Waals surface area (Å²) in [5, 5.41) is 10.1. The summed E-state index contributed by atoms with van der Waals surface area (Å²) in [5.74, 6) is 0.411. The molecule has 1 aromatic carbocycles. The van der Waals surface area contributed by atoms with Crippen LogP contribution in [0.2, 0.25) is 0 Å². The maximum Gasteiger partial charge on any atom is 0.231 e. The molecule has 21 heavy (non-hydrogen) atoms. The van der Waals surface area contributed by atoms with Crippen LogP contribution in [0.15, 0.2) is 18.2 Å². The van der Waals surface area contributed by atoms with Gasteiger partial charge >= 0.3 is 0 Å². The molecule has 0 saturated carbocycles. The molecule has 0 bridgehead atoms. The summed E-state index contributed by atoms with van der Waals surface area (Å²) >= 11 is 0. The van der Waals surface area contributed by atoms with Gasteiger partial charge in [-0.25, -0.2) is 0 Å². The Bertz CT molecular complexity index is 454. The second-order valence-corrected chi connectivity index (χ2v) is 5.68. The minimum absolute atomic E-state index is 0.132. The molecular weight excluding hydrogens is 268 g/mol. The zero-order valence-electron chi connectivity index (χ0n) is 13.3. The topological polar surface area (TPSA) is 75.8 Å². The van der Waals surface area contributed by atoms with E-state index in [-0.39, 0.29) is 19.2 Å². The molecule has 0 heterocycles. The molecule has 0 saturated heterocycles. The summed E-state index contributed by atoms with van der Waals surface area (Å²) in [6, 6.07) is 6.05. The van der Waals surface area contributed by atoms with Crippen LogP contribution in [-0.2, 0) is 4.79 Å². The molecule has 1 unspecified atom stereocenters. The van der Waals surface area contributed by atoms with Gasteiger partial charge in [0.05, 0.1) is 6.54 Å². The van der Waals surface area contributed by atoms with Crippen LogP contribution in [0.25, 0.3) is 0 Å². The predicted octanol–water partition coefficient (Wildman–Crippen LogP) is 1.24. The van der Waals surface area contributed by atoms with Crippen LogP contribution in [0.5, 0.6) is 5.75 Å². The highest BCUT2D eigenvalue weighted by molar-refractivity contribution is 5.75. The fourth-order valence-electron chi connectivity index (χ4n) is 2.19. The monoisotopic (exact) mass is 294 g/mol. The number of nitrogens with zero attached hydrogens (tertiary/aromatic N) is 1. The third-order valence-electron chi connectivity index (χ3n) is 3.36. The van der Waals surface area contributed by atoms with Gasteiger partial charge < -0.3 is 15.6 Å². The molecule has 5 nitrogen and oxygen atoms in total. The summed E-state index contributed by atoms with van der Waals surface area (Å²) in [6.07, 6.45) is -0.675. The Hall–Kier alpha value is -1.59. The highest BCUT2D eigenvalue weighted by atomic mass is 16.5. The summed E-state index contributed by atoms with van der Waals surface area (Å²) in [7, 11) is 0. The van der Waals surface area contributed by atoms with Crippen molar-refractivity contribution in [1.29, 1.82) is 0 Å². The molecular formula is C16H26N2O3. The van der Waals surface area contributed by atoms with E-state index in [1.165, 1.54) is 0 Å². The first-order valence-corrected chi connectivity index (χ1v) is 7.20. The smallest absolute Gasteiger partial charge is 0.231 e. The fraction of sp³-hybridized carbons (Fsp3) is 0.562. The van der Waals surface area contributed by atoms with Gasteiger partial charge in [0.1, 0.15) is 18.5 Å². The van der Waals surface area contributed by atoms with E-state index in [2.05, 4.69) is 0 Å². The lowest BCUT2D eigenvalue weighted by molar-refractivity contribution is -0.120. The van der Waals surface area contributed by atoms with Crippen LogP contribution in [0.4, 0.5) is 0 Å². The maximum atomic E-state index is 11.0. The van der Waals surface area contributed by atoms with E-state index >= 15 is 0 Å². The Morgan fingerprint density at radius 3 is 2.38 bits per heavy atom. The van der Waals surface area contributed by atoms with Gasteiger partial charge in [0, 0.05) is 12.6 Å². The number of nitrogens with two attached hydrogens (primary N) is 1. The molecule has 1 aromatic rings. The minimum Gasteiger partial charge on any atom is -0.490 e. The van der Waals surface area contributed by atoms with Crippen LogP contribution in [0, 0.1) is 13.8 Å². The summed E-state index contributed by atoms with van der Waals surface area (Å²) < 4.78 is 5.72. The number of rotatable bonds is 8. The third kappa shape index (κ3) is 5.73. The zero-order chi connectivity index (χ0) is 16.0. The van der Waals surface area contributed by atoms with E-state index in [1.807, 2.05) is 50.8 Å². The number of hydrogen-bond acceptors (Lipinski definition) is 4. The van der Waals surface area contributed by atoms with Crippen molar-refractivity contribution in [2.24, 2.45) is 5.73 Å². The number of para-hydroxylation sites is 1. The van der Waals surface area contributed by atoms with Crippen molar-refractivity contribution in [2.75, 3.05) is 19.7 Å². The van der Waals surface area contributed by atoms with Crippen molar-refractivity contribution in [3.05, 3.63) is 29.3 Å². The second-order valence-electron chi connectivity index (χ2n) is 5.68. The first-order valence-electron chi connectivity index (χ1n) is 7.20. The van der Waals surface area contributed by atoms with Crippen molar-refractivity contribution in [1.82, 2.24) is 4.90 Å². The van der Waals surface area contributed by atoms with E-state index in [9.17, 15) is 9.90 Å². The van der Waals surface area contributed by atoms with Crippen molar-refractivity contribution in [2.45, 2.75) is 39.8 Å². The Morgan fingerprint density at radius 2 is 1.90 bits per heavy atom.